The van der Waals surface area contributed by atoms with Gasteiger partial charge in [-0.25, -0.2) is 0 Å². The van der Waals surface area contributed by atoms with Crippen molar-refractivity contribution in [1.29, 1.82) is 0 Å². The second-order valence-electron chi connectivity index (χ2n) is 17.2. The van der Waals surface area contributed by atoms with Crippen molar-refractivity contribution < 1.29 is 18.5 Å². The lowest BCUT2D eigenvalue weighted by atomic mass is 10.0. The zero-order valence-corrected chi connectivity index (χ0v) is 40.3. The number of phosphoric ester groups is 1. The zero-order valence-electron chi connectivity index (χ0n) is 38.6. The van der Waals surface area contributed by atoms with Crippen LogP contribution in [0.15, 0.2) is 0 Å². The van der Waals surface area contributed by atoms with E-state index in [0.717, 1.165) is 51.4 Å². The minimum Gasteiger partial charge on any atom is -0.756 e. The van der Waals surface area contributed by atoms with Crippen molar-refractivity contribution in [2.45, 2.75) is 261 Å². The molecule has 0 radical (unpaired) electrons. The second-order valence-corrected chi connectivity index (χ2v) is 23.1. The molecule has 0 aromatic heterocycles. The van der Waals surface area contributed by atoms with E-state index in [1.165, 1.54) is 128 Å². The van der Waals surface area contributed by atoms with E-state index in [9.17, 15) is 9.46 Å². The predicted octanol–water partition coefficient (Wildman–Crippen LogP) is 17.4. The van der Waals surface area contributed by atoms with Crippen molar-refractivity contribution in [3.63, 3.8) is 0 Å². The highest BCUT2D eigenvalue weighted by Gasteiger charge is 2.35. The Morgan fingerprint density at radius 1 is 0.389 bits per heavy atom. The molecule has 0 rings (SSSR count). The lowest BCUT2D eigenvalue weighted by molar-refractivity contribution is -0.227. The molecular weight excluding hydrogens is 702 g/mol. The van der Waals surface area contributed by atoms with Crippen LogP contribution in [0, 0.1) is 11.8 Å². The molecule has 0 aliphatic carbocycles. The number of unbranched alkanes of at least 4 members (excludes halogenated alkanes) is 22. The number of hydrogen-bond donors (Lipinski definition) is 0. The van der Waals surface area contributed by atoms with Gasteiger partial charge in [0.1, 0.15) is 0 Å². The first-order valence-corrected chi connectivity index (χ1v) is 28.7. The van der Waals surface area contributed by atoms with Crippen LogP contribution in [0.1, 0.15) is 261 Å². The van der Waals surface area contributed by atoms with Crippen LogP contribution in [-0.4, -0.2) is 37.9 Å². The van der Waals surface area contributed by atoms with Crippen LogP contribution >= 0.6 is 15.1 Å². The third-order valence-corrected chi connectivity index (χ3v) is 18.0. The maximum Gasteiger partial charge on any atom is 0.267 e. The van der Waals surface area contributed by atoms with E-state index in [4.69, 9.17) is 9.05 Å². The molecular formula is C48H102O4P2. The molecule has 0 bridgehead atoms. The monoisotopic (exact) mass is 805 g/mol. The van der Waals surface area contributed by atoms with Gasteiger partial charge in [-0.1, -0.05) is 197 Å². The smallest absolute Gasteiger partial charge is 0.267 e. The Bertz CT molecular complexity index is 708. The van der Waals surface area contributed by atoms with Gasteiger partial charge in [-0.2, -0.15) is 0 Å². The van der Waals surface area contributed by atoms with Crippen LogP contribution in [0.25, 0.3) is 0 Å². The molecule has 0 aromatic carbocycles. The minimum atomic E-state index is -4.14. The van der Waals surface area contributed by atoms with Gasteiger partial charge in [0.2, 0.25) is 0 Å². The summed E-state index contributed by atoms with van der Waals surface area (Å²) in [4.78, 5) is 11.8. The highest BCUT2D eigenvalue weighted by atomic mass is 31.2. The lowest BCUT2D eigenvalue weighted by Gasteiger charge is -2.28. The first-order valence-electron chi connectivity index (χ1n) is 24.7. The van der Waals surface area contributed by atoms with E-state index in [-0.39, 0.29) is 13.2 Å². The summed E-state index contributed by atoms with van der Waals surface area (Å²) >= 11 is 0. The number of hydrogen-bond acceptors (Lipinski definition) is 4. The van der Waals surface area contributed by atoms with Crippen molar-refractivity contribution in [1.82, 2.24) is 0 Å². The quantitative estimate of drug-likeness (QED) is 0.0455. The normalized spacial score (nSPS) is 14.1. The SMILES string of the molecule is CCCCC(CC)COP(=O)([O-])OCC(CC)CCCC.CCCCCCCCCCCCCC[P+](CCCCCC)(CCCCCC)CCCCCC. The Morgan fingerprint density at radius 3 is 0.889 bits per heavy atom. The molecule has 0 aliphatic heterocycles. The fourth-order valence-electron chi connectivity index (χ4n) is 7.81. The van der Waals surface area contributed by atoms with Gasteiger partial charge in [0.15, 0.2) is 0 Å². The summed E-state index contributed by atoms with van der Waals surface area (Å²) in [5.74, 6) is 0.607. The summed E-state index contributed by atoms with van der Waals surface area (Å²) in [6.45, 7) is 18.3. The molecule has 54 heavy (non-hydrogen) atoms. The molecule has 0 spiro atoms. The minimum absolute atomic E-state index is 0.253. The molecule has 328 valence electrons. The van der Waals surface area contributed by atoms with Gasteiger partial charge in [0.05, 0.1) is 37.9 Å². The predicted molar refractivity (Wildman–Crippen MR) is 246 cm³/mol. The Balaban J connectivity index is 0. The summed E-state index contributed by atoms with van der Waals surface area (Å²) in [5, 5.41) is 0. The fraction of sp³-hybridized carbons (Fsp3) is 1.00. The summed E-state index contributed by atoms with van der Waals surface area (Å²) in [6.07, 6.45) is 50.5. The largest absolute Gasteiger partial charge is 0.756 e. The maximum absolute atomic E-state index is 11.8. The van der Waals surface area contributed by atoms with Crippen molar-refractivity contribution in [2.24, 2.45) is 11.8 Å². The average molecular weight is 805 g/mol. The lowest BCUT2D eigenvalue weighted by Crippen LogP contribution is -2.17. The standard InChI is InChI=1S/C32H68P.C16H35O4P/c1-5-9-13-17-18-19-20-21-22-23-24-28-32-33(29-25-14-10-6-2,30-26-15-11-7-3)31-27-16-12-8-4;1-5-9-11-15(7-3)13-19-21(17,18)20-14-16(8-4)12-10-6-2/h5-32H2,1-4H3;15-16H,5-14H2,1-4H3,(H,17,18)/q+1;/p-1. The van der Waals surface area contributed by atoms with Crippen LogP contribution in [0.5, 0.6) is 0 Å². The highest BCUT2D eigenvalue weighted by molar-refractivity contribution is 7.75. The van der Waals surface area contributed by atoms with Gasteiger partial charge in [-0.05, 0) is 76.0 Å². The molecule has 6 heteroatoms. The summed E-state index contributed by atoms with van der Waals surface area (Å²) in [6, 6.07) is 0. The summed E-state index contributed by atoms with van der Waals surface area (Å²) in [7, 11) is -4.84. The van der Waals surface area contributed by atoms with Gasteiger partial charge in [-0.3, -0.25) is 4.57 Å². The third-order valence-electron chi connectivity index (χ3n) is 12.0. The van der Waals surface area contributed by atoms with Gasteiger partial charge in [0, 0.05) is 7.26 Å². The molecule has 4 nitrogen and oxygen atoms in total. The van der Waals surface area contributed by atoms with E-state index >= 15 is 0 Å². The Kier molecular flexibility index (Phi) is 45.2. The Morgan fingerprint density at radius 2 is 0.630 bits per heavy atom. The zero-order chi connectivity index (χ0) is 40.4. The van der Waals surface area contributed by atoms with E-state index < -0.39 is 15.1 Å². The topological polar surface area (TPSA) is 58.6 Å². The van der Waals surface area contributed by atoms with E-state index in [1.54, 1.807) is 50.3 Å². The van der Waals surface area contributed by atoms with Gasteiger partial charge >= 0.3 is 0 Å². The van der Waals surface area contributed by atoms with Crippen LogP contribution in [0.3, 0.4) is 0 Å². The molecule has 0 aromatic rings. The van der Waals surface area contributed by atoms with Gasteiger partial charge in [0.25, 0.3) is 7.82 Å². The van der Waals surface area contributed by atoms with Crippen LogP contribution in [-0.2, 0) is 13.6 Å². The molecule has 0 aliphatic rings. The molecule has 0 saturated heterocycles. The first kappa shape index (κ1) is 56.6. The molecule has 2 unspecified atom stereocenters. The third kappa shape index (κ3) is 38.1. The van der Waals surface area contributed by atoms with Crippen molar-refractivity contribution in [3.8, 4) is 0 Å². The molecule has 0 fully saturated rings. The Hall–Kier alpha value is 0.540. The van der Waals surface area contributed by atoms with E-state index in [0.29, 0.717) is 11.8 Å². The molecule has 0 heterocycles. The van der Waals surface area contributed by atoms with Crippen molar-refractivity contribution in [3.05, 3.63) is 0 Å². The van der Waals surface area contributed by atoms with Crippen LogP contribution in [0.4, 0.5) is 0 Å². The van der Waals surface area contributed by atoms with Crippen LogP contribution in [0.2, 0.25) is 0 Å². The van der Waals surface area contributed by atoms with Crippen LogP contribution < -0.4 is 4.89 Å². The Labute approximate surface area is 343 Å². The van der Waals surface area contributed by atoms with Gasteiger partial charge < -0.3 is 13.9 Å². The van der Waals surface area contributed by atoms with Crippen molar-refractivity contribution >= 4 is 15.1 Å². The summed E-state index contributed by atoms with van der Waals surface area (Å²) < 4.78 is 21.9. The molecule has 0 amide bonds. The van der Waals surface area contributed by atoms with E-state index in [1.807, 2.05) is 0 Å². The maximum atomic E-state index is 11.8. The van der Waals surface area contributed by atoms with Crippen molar-refractivity contribution in [2.75, 3.05) is 37.9 Å². The summed E-state index contributed by atoms with van der Waals surface area (Å²) in [5.41, 5.74) is 0. The first-order chi connectivity index (χ1) is 26.2. The number of phosphoric acid groups is 1. The molecule has 0 N–H and O–H groups in total. The molecule has 2 atom stereocenters. The average Bonchev–Trinajstić information content (AvgIpc) is 3.17. The molecule has 0 saturated carbocycles. The fourth-order valence-corrected chi connectivity index (χ4v) is 13.6. The van der Waals surface area contributed by atoms with E-state index in [2.05, 4.69) is 55.4 Å². The number of rotatable bonds is 42. The second kappa shape index (κ2) is 43.1. The highest BCUT2D eigenvalue weighted by Crippen LogP contribution is 2.61. The van der Waals surface area contributed by atoms with Gasteiger partial charge in [-0.15, -0.1) is 0 Å².